The van der Waals surface area contributed by atoms with Gasteiger partial charge in [0.25, 0.3) is 0 Å². The molecule has 0 saturated carbocycles. The third-order valence-electron chi connectivity index (χ3n) is 2.73. The molecule has 2 rings (SSSR count). The molecule has 1 heterocycles. The van der Waals surface area contributed by atoms with Crippen molar-refractivity contribution in [2.24, 2.45) is 5.73 Å². The monoisotopic (exact) mass is 314 g/mol. The second-order valence-corrected chi connectivity index (χ2v) is 6.05. The molecule has 5 heteroatoms. The summed E-state index contributed by atoms with van der Waals surface area (Å²) in [5.41, 5.74) is 6.47. The topological polar surface area (TPSA) is 46.3 Å². The van der Waals surface area contributed by atoms with E-state index in [1.807, 2.05) is 17.0 Å². The van der Waals surface area contributed by atoms with E-state index in [4.69, 9.17) is 5.73 Å². The van der Waals surface area contributed by atoms with Crippen LogP contribution in [0.2, 0.25) is 0 Å². The molecule has 0 saturated heterocycles. The summed E-state index contributed by atoms with van der Waals surface area (Å²) in [5.74, 6) is 1.05. The molecule has 0 bridgehead atoms. The van der Waals surface area contributed by atoms with Crippen LogP contribution in [0.5, 0.6) is 0 Å². The number of amides is 1. The molecule has 1 unspecified atom stereocenters. The Hall–Kier alpha value is -0.520. The molecule has 1 aromatic rings. The number of carbonyl (C=O) groups is 1. The summed E-state index contributed by atoms with van der Waals surface area (Å²) in [6.07, 6.45) is 0.404. The average molecular weight is 315 g/mol. The lowest BCUT2D eigenvalue weighted by atomic mass is 10.2. The van der Waals surface area contributed by atoms with Gasteiger partial charge in [0.1, 0.15) is 0 Å². The maximum atomic E-state index is 12.1. The van der Waals surface area contributed by atoms with Crippen LogP contribution < -0.4 is 10.6 Å². The smallest absolute Gasteiger partial charge is 0.228 e. The predicted molar refractivity (Wildman–Crippen MR) is 75.5 cm³/mol. The second kappa shape index (κ2) is 5.42. The summed E-state index contributed by atoms with van der Waals surface area (Å²) in [4.78, 5) is 15.1. The van der Waals surface area contributed by atoms with E-state index in [9.17, 15) is 4.79 Å². The van der Waals surface area contributed by atoms with Crippen molar-refractivity contribution in [2.45, 2.75) is 24.3 Å². The minimum atomic E-state index is 0.111. The Labute approximate surface area is 114 Å². The van der Waals surface area contributed by atoms with Gasteiger partial charge in [0.2, 0.25) is 5.91 Å². The molecule has 0 fully saturated rings. The lowest BCUT2D eigenvalue weighted by Gasteiger charge is -2.35. The van der Waals surface area contributed by atoms with Crippen molar-refractivity contribution in [2.75, 3.05) is 17.2 Å². The first-order chi connectivity index (χ1) is 8.13. The fourth-order valence-electron chi connectivity index (χ4n) is 1.95. The first-order valence-electron chi connectivity index (χ1n) is 5.58. The Morgan fingerprint density at radius 2 is 2.41 bits per heavy atom. The Morgan fingerprint density at radius 1 is 1.65 bits per heavy atom. The number of hydrogen-bond acceptors (Lipinski definition) is 3. The lowest BCUT2D eigenvalue weighted by Crippen LogP contribution is -2.43. The third-order valence-corrected chi connectivity index (χ3v) is 4.53. The van der Waals surface area contributed by atoms with Gasteiger partial charge >= 0.3 is 0 Å². The molecule has 0 aromatic heterocycles. The minimum absolute atomic E-state index is 0.111. The van der Waals surface area contributed by atoms with Crippen molar-refractivity contribution < 1.29 is 4.79 Å². The number of halogens is 1. The van der Waals surface area contributed by atoms with Crippen LogP contribution in [0.4, 0.5) is 5.69 Å². The summed E-state index contributed by atoms with van der Waals surface area (Å²) in [6, 6.07) is 6.29. The molecule has 1 amide bonds. The van der Waals surface area contributed by atoms with Crippen LogP contribution in [-0.2, 0) is 4.79 Å². The van der Waals surface area contributed by atoms with Gasteiger partial charge < -0.3 is 10.6 Å². The summed E-state index contributed by atoms with van der Waals surface area (Å²) in [5, 5.41) is 0. The minimum Gasteiger partial charge on any atom is -0.330 e. The van der Waals surface area contributed by atoms with Crippen LogP contribution in [0, 0.1) is 0 Å². The summed E-state index contributed by atoms with van der Waals surface area (Å²) in [6.45, 7) is 2.48. The fourth-order valence-corrected chi connectivity index (χ4v) is 3.34. The largest absolute Gasteiger partial charge is 0.330 e. The number of rotatable bonds is 2. The van der Waals surface area contributed by atoms with E-state index >= 15 is 0 Å². The molecule has 0 radical (unpaired) electrons. The summed E-state index contributed by atoms with van der Waals surface area (Å²) in [7, 11) is 0. The number of anilines is 1. The maximum Gasteiger partial charge on any atom is 0.228 e. The zero-order valence-electron chi connectivity index (χ0n) is 9.65. The van der Waals surface area contributed by atoms with Crippen LogP contribution in [0.25, 0.3) is 0 Å². The molecule has 1 atom stereocenters. The van der Waals surface area contributed by atoms with Crippen molar-refractivity contribution in [3.05, 3.63) is 22.7 Å². The highest BCUT2D eigenvalue weighted by atomic mass is 79.9. The Bertz CT molecular complexity index is 439. The predicted octanol–water partition coefficient (Wildman–Crippen LogP) is 2.63. The first-order valence-corrected chi connectivity index (χ1v) is 7.36. The molecule has 0 spiro atoms. The number of carbonyl (C=O) groups excluding carboxylic acids is 1. The number of hydrogen-bond donors (Lipinski definition) is 1. The number of thioether (sulfide) groups is 1. The second-order valence-electron chi connectivity index (χ2n) is 4.07. The molecule has 1 aromatic carbocycles. The molecular formula is C12H15BrN2OS. The molecule has 92 valence electrons. The standard InChI is InChI=1S/C12H15BrN2OS/c1-8-7-17-11-3-2-9(13)6-10(11)15(8)12(16)4-5-14/h2-3,6,8H,4-5,7,14H2,1H3. The van der Waals surface area contributed by atoms with Gasteiger partial charge in [-0.2, -0.15) is 0 Å². The van der Waals surface area contributed by atoms with E-state index in [-0.39, 0.29) is 11.9 Å². The van der Waals surface area contributed by atoms with Crippen molar-refractivity contribution >= 4 is 39.3 Å². The molecule has 17 heavy (non-hydrogen) atoms. The molecule has 1 aliphatic heterocycles. The van der Waals surface area contributed by atoms with Gasteiger partial charge in [0, 0.05) is 34.1 Å². The number of benzene rings is 1. The van der Waals surface area contributed by atoms with Gasteiger partial charge in [-0.3, -0.25) is 4.79 Å². The van der Waals surface area contributed by atoms with E-state index < -0.39 is 0 Å². The van der Waals surface area contributed by atoms with Crippen molar-refractivity contribution in [3.8, 4) is 0 Å². The summed E-state index contributed by atoms with van der Waals surface area (Å²) < 4.78 is 0.997. The zero-order chi connectivity index (χ0) is 12.4. The van der Waals surface area contributed by atoms with Gasteiger partial charge in [-0.05, 0) is 25.1 Å². The molecule has 0 aliphatic carbocycles. The Balaban J connectivity index is 2.38. The molecule has 2 N–H and O–H groups in total. The van der Waals surface area contributed by atoms with Gasteiger partial charge in [-0.25, -0.2) is 0 Å². The SMILES string of the molecule is CC1CSc2ccc(Br)cc2N1C(=O)CCN. The van der Waals surface area contributed by atoms with Gasteiger partial charge in [0.05, 0.1) is 5.69 Å². The Kier molecular flexibility index (Phi) is 4.12. The van der Waals surface area contributed by atoms with E-state index in [0.29, 0.717) is 13.0 Å². The van der Waals surface area contributed by atoms with Crippen LogP contribution >= 0.6 is 27.7 Å². The normalized spacial score (nSPS) is 19.0. The van der Waals surface area contributed by atoms with Gasteiger partial charge in [0.15, 0.2) is 0 Å². The first kappa shape index (κ1) is 12.9. The number of fused-ring (bicyclic) bond motifs is 1. The maximum absolute atomic E-state index is 12.1. The molecule has 1 aliphatic rings. The van der Waals surface area contributed by atoms with E-state index in [0.717, 1.165) is 20.8 Å². The van der Waals surface area contributed by atoms with Crippen molar-refractivity contribution in [1.82, 2.24) is 0 Å². The van der Waals surface area contributed by atoms with Crippen molar-refractivity contribution in [1.29, 1.82) is 0 Å². The zero-order valence-corrected chi connectivity index (χ0v) is 12.1. The number of nitrogens with zero attached hydrogens (tertiary/aromatic N) is 1. The lowest BCUT2D eigenvalue weighted by molar-refractivity contribution is -0.118. The van der Waals surface area contributed by atoms with Gasteiger partial charge in [-0.1, -0.05) is 15.9 Å². The average Bonchev–Trinajstić information content (AvgIpc) is 2.28. The third kappa shape index (κ3) is 2.67. The fraction of sp³-hybridized carbons (Fsp3) is 0.417. The van der Waals surface area contributed by atoms with E-state index in [1.54, 1.807) is 11.8 Å². The Morgan fingerprint density at radius 3 is 3.12 bits per heavy atom. The molecular weight excluding hydrogens is 300 g/mol. The van der Waals surface area contributed by atoms with E-state index in [2.05, 4.69) is 28.9 Å². The van der Waals surface area contributed by atoms with Crippen molar-refractivity contribution in [3.63, 3.8) is 0 Å². The van der Waals surface area contributed by atoms with Crippen LogP contribution in [0.3, 0.4) is 0 Å². The summed E-state index contributed by atoms with van der Waals surface area (Å²) >= 11 is 5.25. The number of nitrogens with two attached hydrogens (primary N) is 1. The van der Waals surface area contributed by atoms with Crippen LogP contribution in [-0.4, -0.2) is 24.2 Å². The highest BCUT2D eigenvalue weighted by molar-refractivity contribution is 9.10. The van der Waals surface area contributed by atoms with Gasteiger partial charge in [-0.15, -0.1) is 11.8 Å². The highest BCUT2D eigenvalue weighted by Crippen LogP contribution is 2.39. The van der Waals surface area contributed by atoms with Crippen LogP contribution in [0.15, 0.2) is 27.6 Å². The van der Waals surface area contributed by atoms with E-state index in [1.165, 1.54) is 0 Å². The molecule has 3 nitrogen and oxygen atoms in total. The quantitative estimate of drug-likeness (QED) is 0.912. The van der Waals surface area contributed by atoms with Crippen LogP contribution in [0.1, 0.15) is 13.3 Å². The highest BCUT2D eigenvalue weighted by Gasteiger charge is 2.28.